The Bertz CT molecular complexity index is 1310. The topological polar surface area (TPSA) is 66.3 Å². The third-order valence-corrected chi connectivity index (χ3v) is 6.42. The number of hydrogen-bond donors (Lipinski definition) is 1. The largest absolute Gasteiger partial charge is 0.478 e. The average molecular weight is 428 g/mol. The normalized spacial score (nSPS) is 15.3. The number of carboxylic acid groups (broad SMARTS) is 1. The van der Waals surface area contributed by atoms with Crippen LogP contribution in [0.5, 0.6) is 0 Å². The van der Waals surface area contributed by atoms with E-state index in [9.17, 15) is 9.90 Å². The molecule has 0 saturated carbocycles. The van der Waals surface area contributed by atoms with Gasteiger partial charge in [0.05, 0.1) is 22.5 Å². The van der Waals surface area contributed by atoms with Crippen molar-refractivity contribution in [3.05, 3.63) is 81.8 Å². The maximum absolute atomic E-state index is 12.2. The lowest BCUT2D eigenvalue weighted by Crippen LogP contribution is -2.31. The number of para-hydroxylation sites is 1. The van der Waals surface area contributed by atoms with Crippen LogP contribution in [0.25, 0.3) is 33.8 Å². The fraction of sp³-hybridized carbons (Fsp3) is 0.160. The van der Waals surface area contributed by atoms with Crippen LogP contribution in [0.4, 0.5) is 0 Å². The number of nitrogens with zero attached hydrogens (tertiary/aromatic N) is 3. The Balaban J connectivity index is 1.66. The van der Waals surface area contributed by atoms with Crippen molar-refractivity contribution in [1.29, 1.82) is 0 Å². The van der Waals surface area contributed by atoms with E-state index in [2.05, 4.69) is 23.3 Å². The minimum absolute atomic E-state index is 0.355. The molecular formula is C25H21N3O2S. The summed E-state index contributed by atoms with van der Waals surface area (Å²) >= 11 is 1.59. The monoisotopic (exact) mass is 427 g/mol. The van der Waals surface area contributed by atoms with Crippen molar-refractivity contribution < 1.29 is 9.90 Å². The van der Waals surface area contributed by atoms with Gasteiger partial charge in [0.25, 0.3) is 0 Å². The van der Waals surface area contributed by atoms with Crippen LogP contribution in [0.2, 0.25) is 0 Å². The van der Waals surface area contributed by atoms with E-state index in [-0.39, 0.29) is 0 Å². The number of pyridine rings is 1. The third-order valence-electron chi connectivity index (χ3n) is 5.62. The van der Waals surface area contributed by atoms with E-state index in [0.29, 0.717) is 29.6 Å². The standard InChI is InChI=1S/C25H21N3O2S/c1-2-28-13-17(12-22-26-21(15-31-22)16-8-4-3-5-9-16)24-19(14-28)23(25(29)30)18-10-6-7-11-20(18)27-24/h3-12,15H,2,13-14H2,1H3,(H,29,30). The maximum Gasteiger partial charge on any atom is 0.336 e. The van der Waals surface area contributed by atoms with Gasteiger partial charge in [-0.05, 0) is 24.3 Å². The van der Waals surface area contributed by atoms with Gasteiger partial charge in [0.1, 0.15) is 5.01 Å². The highest BCUT2D eigenvalue weighted by Crippen LogP contribution is 2.34. The number of aromatic nitrogens is 2. The number of fused-ring (bicyclic) bond motifs is 2. The second-order valence-corrected chi connectivity index (χ2v) is 8.44. The molecule has 0 aliphatic carbocycles. The second kappa shape index (κ2) is 8.06. The molecule has 0 spiro atoms. The molecule has 1 aliphatic rings. The zero-order valence-corrected chi connectivity index (χ0v) is 17.9. The van der Waals surface area contributed by atoms with Crippen molar-refractivity contribution in [2.45, 2.75) is 13.5 Å². The summed E-state index contributed by atoms with van der Waals surface area (Å²) in [6.07, 6.45) is 2.06. The molecule has 5 nitrogen and oxygen atoms in total. The first-order valence-electron chi connectivity index (χ1n) is 10.2. The molecule has 0 unspecified atom stereocenters. The molecule has 4 aromatic rings. The molecule has 1 N–H and O–H groups in total. The minimum atomic E-state index is -0.909. The zero-order valence-electron chi connectivity index (χ0n) is 17.1. The van der Waals surface area contributed by atoms with Gasteiger partial charge in [-0.2, -0.15) is 0 Å². The number of likely N-dealkylation sites (N-methyl/N-ethyl adjacent to an activating group) is 1. The van der Waals surface area contributed by atoms with Crippen molar-refractivity contribution >= 4 is 39.9 Å². The zero-order chi connectivity index (χ0) is 21.4. The molecule has 2 aromatic heterocycles. The van der Waals surface area contributed by atoms with Crippen LogP contribution < -0.4 is 0 Å². The molecule has 1 aliphatic heterocycles. The van der Waals surface area contributed by atoms with E-state index in [1.807, 2.05) is 54.6 Å². The van der Waals surface area contributed by atoms with Crippen LogP contribution in [0, 0.1) is 0 Å². The first-order chi connectivity index (χ1) is 15.1. The maximum atomic E-state index is 12.2. The van der Waals surface area contributed by atoms with E-state index in [4.69, 9.17) is 9.97 Å². The van der Waals surface area contributed by atoms with Gasteiger partial charge < -0.3 is 5.11 Å². The van der Waals surface area contributed by atoms with E-state index in [1.54, 1.807) is 11.3 Å². The van der Waals surface area contributed by atoms with E-state index in [1.165, 1.54) is 0 Å². The summed E-state index contributed by atoms with van der Waals surface area (Å²) in [6, 6.07) is 17.6. The summed E-state index contributed by atoms with van der Waals surface area (Å²) in [5.74, 6) is -0.909. The Morgan fingerprint density at radius 2 is 1.87 bits per heavy atom. The summed E-state index contributed by atoms with van der Waals surface area (Å²) in [6.45, 7) is 4.22. The average Bonchev–Trinajstić information content (AvgIpc) is 3.26. The predicted molar refractivity (Wildman–Crippen MR) is 125 cm³/mol. The SMILES string of the molecule is CCN1CC(=Cc2nc(-c3ccccc3)cs2)c2nc3ccccc3c(C(=O)O)c2C1. The number of carbonyl (C=O) groups is 1. The molecule has 6 heteroatoms. The summed E-state index contributed by atoms with van der Waals surface area (Å²) in [5.41, 5.74) is 5.65. The van der Waals surface area contributed by atoms with Crippen molar-refractivity contribution in [2.24, 2.45) is 0 Å². The lowest BCUT2D eigenvalue weighted by Gasteiger charge is -2.30. The van der Waals surface area contributed by atoms with Crippen LogP contribution in [0.15, 0.2) is 60.0 Å². The number of aromatic carboxylic acids is 1. The lowest BCUT2D eigenvalue weighted by atomic mass is 9.93. The minimum Gasteiger partial charge on any atom is -0.478 e. The molecule has 0 bridgehead atoms. The van der Waals surface area contributed by atoms with Crippen LogP contribution in [0.3, 0.4) is 0 Å². The van der Waals surface area contributed by atoms with Crippen LogP contribution in [-0.2, 0) is 6.54 Å². The first-order valence-corrected chi connectivity index (χ1v) is 11.1. The Morgan fingerprint density at radius 3 is 2.65 bits per heavy atom. The van der Waals surface area contributed by atoms with Gasteiger partial charge >= 0.3 is 5.97 Å². The van der Waals surface area contributed by atoms with Crippen LogP contribution in [-0.4, -0.2) is 39.0 Å². The molecule has 0 radical (unpaired) electrons. The Hall–Kier alpha value is -3.35. The van der Waals surface area contributed by atoms with Gasteiger partial charge in [-0.1, -0.05) is 55.5 Å². The van der Waals surface area contributed by atoms with Crippen molar-refractivity contribution in [3.63, 3.8) is 0 Å². The van der Waals surface area contributed by atoms with Crippen molar-refractivity contribution in [3.8, 4) is 11.3 Å². The van der Waals surface area contributed by atoms with Crippen LogP contribution in [0.1, 0.15) is 33.5 Å². The number of benzene rings is 2. The highest BCUT2D eigenvalue weighted by molar-refractivity contribution is 7.10. The summed E-state index contributed by atoms with van der Waals surface area (Å²) < 4.78 is 0. The van der Waals surface area contributed by atoms with Crippen LogP contribution >= 0.6 is 11.3 Å². The van der Waals surface area contributed by atoms with Gasteiger partial charge in [-0.3, -0.25) is 4.90 Å². The number of hydrogen-bond acceptors (Lipinski definition) is 5. The molecule has 2 aromatic carbocycles. The molecular weight excluding hydrogens is 406 g/mol. The van der Waals surface area contributed by atoms with Gasteiger partial charge in [-0.25, -0.2) is 14.8 Å². The molecule has 0 fully saturated rings. The lowest BCUT2D eigenvalue weighted by molar-refractivity contribution is 0.0696. The number of thiazole rings is 1. The fourth-order valence-corrected chi connectivity index (χ4v) is 4.88. The van der Waals surface area contributed by atoms with Gasteiger partial charge in [-0.15, -0.1) is 11.3 Å². The molecule has 0 atom stereocenters. The van der Waals surface area contributed by atoms with Gasteiger partial charge in [0.2, 0.25) is 0 Å². The first kappa shape index (κ1) is 19.6. The molecule has 5 rings (SSSR count). The molecule has 31 heavy (non-hydrogen) atoms. The van der Waals surface area contributed by atoms with Gasteiger partial charge in [0, 0.05) is 35.0 Å². The molecule has 154 valence electrons. The number of rotatable bonds is 4. The highest BCUT2D eigenvalue weighted by Gasteiger charge is 2.28. The molecule has 0 saturated heterocycles. The predicted octanol–water partition coefficient (Wildman–Crippen LogP) is 5.43. The quantitative estimate of drug-likeness (QED) is 0.470. The van der Waals surface area contributed by atoms with Crippen molar-refractivity contribution in [1.82, 2.24) is 14.9 Å². The summed E-state index contributed by atoms with van der Waals surface area (Å²) in [4.78, 5) is 24.2. The Morgan fingerprint density at radius 1 is 1.10 bits per heavy atom. The summed E-state index contributed by atoms with van der Waals surface area (Å²) in [7, 11) is 0. The van der Waals surface area contributed by atoms with E-state index >= 15 is 0 Å². The smallest absolute Gasteiger partial charge is 0.336 e. The second-order valence-electron chi connectivity index (χ2n) is 7.55. The Labute approximate surface area is 184 Å². The van der Waals surface area contributed by atoms with E-state index < -0.39 is 5.97 Å². The molecule has 0 amide bonds. The highest BCUT2D eigenvalue weighted by atomic mass is 32.1. The third kappa shape index (κ3) is 3.65. The summed E-state index contributed by atoms with van der Waals surface area (Å²) in [5, 5.41) is 13.7. The number of carboxylic acids is 1. The van der Waals surface area contributed by atoms with E-state index in [0.717, 1.165) is 39.6 Å². The van der Waals surface area contributed by atoms with Gasteiger partial charge in [0.15, 0.2) is 0 Å². The fourth-order valence-electron chi connectivity index (χ4n) is 4.09. The Kier molecular flexibility index (Phi) is 5.10. The van der Waals surface area contributed by atoms with Crippen molar-refractivity contribution in [2.75, 3.05) is 13.1 Å². The molecule has 3 heterocycles.